The zero-order valence-electron chi connectivity index (χ0n) is 24.1. The van der Waals surface area contributed by atoms with Crippen molar-refractivity contribution in [3.63, 3.8) is 0 Å². The first kappa shape index (κ1) is 28.2. The Labute approximate surface area is 257 Å². The fourth-order valence-electron chi connectivity index (χ4n) is 6.96. The van der Waals surface area contributed by atoms with E-state index in [1.54, 1.807) is 24.4 Å². The first-order valence-electron chi connectivity index (χ1n) is 14.9. The maximum absolute atomic E-state index is 15.6. The normalized spacial score (nSPS) is 20.9. The molecule has 4 aromatic rings. The Hall–Kier alpha value is -3.58. The molecule has 6 heterocycles. The van der Waals surface area contributed by atoms with E-state index in [2.05, 4.69) is 30.4 Å². The number of carbonyl (C=O) groups excluding carboxylic acids is 1. The third-order valence-electron chi connectivity index (χ3n) is 9.56. The highest BCUT2D eigenvalue weighted by atomic mass is 35.5. The molecule has 1 amide bonds. The highest BCUT2D eigenvalue weighted by Gasteiger charge is 2.47. The third kappa shape index (κ3) is 5.26. The van der Waals surface area contributed by atoms with Crippen molar-refractivity contribution in [2.24, 2.45) is 11.3 Å². The summed E-state index contributed by atoms with van der Waals surface area (Å²) in [5, 5.41) is 6.61. The number of pyridine rings is 1. The van der Waals surface area contributed by atoms with Gasteiger partial charge in [0, 0.05) is 71.2 Å². The van der Waals surface area contributed by atoms with Crippen LogP contribution in [0.15, 0.2) is 48.9 Å². The standard InChI is InChI=1S/C30H35ClFN9OSi/c31-20-4-8-35-23(14-20)37-27(42)18-1-2-21(22(32)13-18)24-25-26(33)36-9-12-41(25)29(38-24)39-10-5-30(6-11-39)16-40(17-30)28(43)19-3-7-34-15-19/h1-2,4,8-9,12-14,19,28,34H,3,5-7,10-11,15-17H2,43H3,(H2,33,36)(H,35,37,42)/t19-,28?/m0/s1. The highest BCUT2D eigenvalue weighted by molar-refractivity contribution is 6.30. The van der Waals surface area contributed by atoms with Gasteiger partial charge in [-0.05, 0) is 79.7 Å². The molecule has 1 aromatic carbocycles. The molecule has 1 unspecified atom stereocenters. The van der Waals surface area contributed by atoms with Crippen molar-refractivity contribution < 1.29 is 9.18 Å². The SMILES string of the molecule is Nc1nccn2c(N3CCC4(CC3)CN(C([SiH3])[C@H]3CCNC3)C4)nc(-c3ccc(C(=O)Nc4cc(Cl)ccn4)cc3F)c12. The zero-order chi connectivity index (χ0) is 29.7. The molecule has 0 saturated carbocycles. The lowest BCUT2D eigenvalue weighted by Gasteiger charge is -2.57. The van der Waals surface area contributed by atoms with Crippen LogP contribution in [0.1, 0.15) is 29.6 Å². The Morgan fingerprint density at radius 2 is 2.00 bits per heavy atom. The summed E-state index contributed by atoms with van der Waals surface area (Å²) in [6, 6.07) is 7.46. The molecule has 3 saturated heterocycles. The summed E-state index contributed by atoms with van der Waals surface area (Å²) in [5.74, 6) is 1.02. The summed E-state index contributed by atoms with van der Waals surface area (Å²) in [6.45, 7) is 6.45. The van der Waals surface area contributed by atoms with Crippen molar-refractivity contribution in [2.45, 2.75) is 24.9 Å². The monoisotopic (exact) mass is 619 g/mol. The number of rotatable bonds is 6. The number of halogens is 2. The predicted molar refractivity (Wildman–Crippen MR) is 170 cm³/mol. The molecule has 2 atom stereocenters. The Balaban J connectivity index is 1.10. The molecule has 224 valence electrons. The molecule has 13 heteroatoms. The van der Waals surface area contributed by atoms with E-state index < -0.39 is 11.7 Å². The molecule has 3 aliphatic rings. The molecule has 43 heavy (non-hydrogen) atoms. The molecular weight excluding hydrogens is 585 g/mol. The van der Waals surface area contributed by atoms with Crippen LogP contribution in [0.4, 0.5) is 22.0 Å². The van der Waals surface area contributed by atoms with Gasteiger partial charge in [-0.15, -0.1) is 0 Å². The van der Waals surface area contributed by atoms with Gasteiger partial charge in [-0.25, -0.2) is 19.3 Å². The molecule has 10 nitrogen and oxygen atoms in total. The lowest BCUT2D eigenvalue weighted by atomic mass is 9.71. The van der Waals surface area contributed by atoms with Gasteiger partial charge in [0.05, 0.1) is 0 Å². The number of anilines is 3. The van der Waals surface area contributed by atoms with Crippen molar-refractivity contribution >= 4 is 50.9 Å². The van der Waals surface area contributed by atoms with Crippen LogP contribution < -0.4 is 21.3 Å². The van der Waals surface area contributed by atoms with Crippen LogP contribution in [-0.4, -0.2) is 85.3 Å². The van der Waals surface area contributed by atoms with Gasteiger partial charge in [0.1, 0.15) is 28.7 Å². The summed E-state index contributed by atoms with van der Waals surface area (Å²) in [6.07, 6.45) is 8.46. The molecule has 7 rings (SSSR count). The Kier molecular flexibility index (Phi) is 7.32. The molecular formula is C30H35ClFN9OSi. The number of nitrogen functional groups attached to an aromatic ring is 1. The van der Waals surface area contributed by atoms with E-state index in [0.29, 0.717) is 21.6 Å². The number of hydrogen-bond acceptors (Lipinski definition) is 8. The minimum absolute atomic E-state index is 0.148. The summed E-state index contributed by atoms with van der Waals surface area (Å²) in [7, 11) is 1.21. The van der Waals surface area contributed by atoms with Crippen molar-refractivity contribution in [2.75, 3.05) is 55.2 Å². The number of fused-ring (bicyclic) bond motifs is 1. The first-order chi connectivity index (χ1) is 20.8. The number of likely N-dealkylation sites (tertiary alicyclic amines) is 1. The number of benzene rings is 1. The summed E-state index contributed by atoms with van der Waals surface area (Å²) < 4.78 is 17.5. The van der Waals surface area contributed by atoms with E-state index in [0.717, 1.165) is 56.6 Å². The Morgan fingerprint density at radius 3 is 2.72 bits per heavy atom. The average molecular weight is 620 g/mol. The van der Waals surface area contributed by atoms with Crippen molar-refractivity contribution in [3.05, 3.63) is 65.3 Å². The van der Waals surface area contributed by atoms with Gasteiger partial charge in [0.25, 0.3) is 5.91 Å². The number of nitrogens with two attached hydrogens (primary N) is 1. The van der Waals surface area contributed by atoms with Crippen molar-refractivity contribution in [3.8, 4) is 11.3 Å². The lowest BCUT2D eigenvalue weighted by molar-refractivity contribution is -0.0381. The van der Waals surface area contributed by atoms with E-state index in [-0.39, 0.29) is 22.8 Å². The van der Waals surface area contributed by atoms with Crippen LogP contribution >= 0.6 is 11.6 Å². The van der Waals surface area contributed by atoms with Crippen LogP contribution in [0.2, 0.25) is 5.02 Å². The topological polar surface area (TPSA) is 117 Å². The van der Waals surface area contributed by atoms with E-state index in [9.17, 15) is 4.79 Å². The number of nitrogens with zero attached hydrogens (tertiary/aromatic N) is 6. The van der Waals surface area contributed by atoms with E-state index >= 15 is 4.39 Å². The zero-order valence-corrected chi connectivity index (χ0v) is 26.8. The third-order valence-corrected chi connectivity index (χ3v) is 11.5. The van der Waals surface area contributed by atoms with Crippen molar-refractivity contribution in [1.82, 2.24) is 29.6 Å². The first-order valence-corrected chi connectivity index (χ1v) is 16.4. The summed E-state index contributed by atoms with van der Waals surface area (Å²) >= 11 is 5.99. The second-order valence-corrected chi connectivity index (χ2v) is 13.8. The Morgan fingerprint density at radius 1 is 1.19 bits per heavy atom. The molecule has 0 radical (unpaired) electrons. The minimum Gasteiger partial charge on any atom is -0.382 e. The van der Waals surface area contributed by atoms with Crippen LogP contribution in [-0.2, 0) is 0 Å². The van der Waals surface area contributed by atoms with Gasteiger partial charge < -0.3 is 26.2 Å². The van der Waals surface area contributed by atoms with Gasteiger partial charge in [-0.2, -0.15) is 0 Å². The number of nitrogens with one attached hydrogen (secondary N) is 2. The van der Waals surface area contributed by atoms with Gasteiger partial charge in [0.2, 0.25) is 5.95 Å². The minimum atomic E-state index is -0.580. The van der Waals surface area contributed by atoms with Crippen LogP contribution in [0, 0.1) is 17.2 Å². The molecule has 3 aliphatic heterocycles. The van der Waals surface area contributed by atoms with Gasteiger partial charge >= 0.3 is 0 Å². The van der Waals surface area contributed by atoms with E-state index in [4.69, 9.17) is 22.3 Å². The largest absolute Gasteiger partial charge is 0.382 e. The summed E-state index contributed by atoms with van der Waals surface area (Å²) in [5.41, 5.74) is 8.83. The molecule has 0 bridgehead atoms. The second-order valence-electron chi connectivity index (χ2n) is 12.2. The van der Waals surface area contributed by atoms with Crippen molar-refractivity contribution in [1.29, 1.82) is 0 Å². The predicted octanol–water partition coefficient (Wildman–Crippen LogP) is 2.62. The molecule has 3 fully saturated rings. The molecule has 3 aromatic heterocycles. The van der Waals surface area contributed by atoms with E-state index in [1.807, 2.05) is 10.6 Å². The van der Waals surface area contributed by atoms with Crippen LogP contribution in [0.25, 0.3) is 16.8 Å². The number of carbonyl (C=O) groups is 1. The Bertz CT molecular complexity index is 1680. The van der Waals surface area contributed by atoms with Crippen LogP contribution in [0.3, 0.4) is 0 Å². The highest BCUT2D eigenvalue weighted by Crippen LogP contribution is 2.43. The second kappa shape index (κ2) is 11.2. The molecule has 4 N–H and O–H groups in total. The fourth-order valence-corrected chi connectivity index (χ4v) is 8.05. The maximum atomic E-state index is 15.6. The van der Waals surface area contributed by atoms with Crippen LogP contribution in [0.5, 0.6) is 0 Å². The lowest BCUT2D eigenvalue weighted by Crippen LogP contribution is -2.64. The smallest absolute Gasteiger partial charge is 0.256 e. The number of imidazole rings is 1. The number of piperidine rings is 1. The fraction of sp³-hybridized carbons (Fsp3) is 0.400. The number of amides is 1. The average Bonchev–Trinajstić information content (AvgIpc) is 3.65. The quantitative estimate of drug-likeness (QED) is 0.282. The number of hydrogen-bond donors (Lipinski definition) is 3. The van der Waals surface area contributed by atoms with Gasteiger partial charge in [0.15, 0.2) is 0 Å². The van der Waals surface area contributed by atoms with Gasteiger partial charge in [-0.3, -0.25) is 9.20 Å². The van der Waals surface area contributed by atoms with Gasteiger partial charge in [-0.1, -0.05) is 11.6 Å². The molecule has 0 aliphatic carbocycles. The molecule has 1 spiro atoms. The van der Waals surface area contributed by atoms with E-state index in [1.165, 1.54) is 48.1 Å². The number of aromatic nitrogens is 4. The maximum Gasteiger partial charge on any atom is 0.256 e. The summed E-state index contributed by atoms with van der Waals surface area (Å²) in [4.78, 5) is 31.1.